The summed E-state index contributed by atoms with van der Waals surface area (Å²) in [7, 11) is -3.87. The lowest BCUT2D eigenvalue weighted by Gasteiger charge is -2.17. The summed E-state index contributed by atoms with van der Waals surface area (Å²) in [5.74, 6) is -0.833. The topological polar surface area (TPSA) is 87.6 Å². The predicted molar refractivity (Wildman–Crippen MR) is 97.2 cm³/mol. The SMILES string of the molecule is O=C(CSC1=NS(=O)(=O)c2ccccc2N1)Nc1cccc(C(F)(F)F)c1. The molecular weight excluding hydrogens is 403 g/mol. The van der Waals surface area contributed by atoms with Gasteiger partial charge < -0.3 is 10.6 Å². The van der Waals surface area contributed by atoms with Gasteiger partial charge in [-0.05, 0) is 30.3 Å². The molecule has 1 aliphatic heterocycles. The molecule has 0 spiro atoms. The van der Waals surface area contributed by atoms with E-state index in [9.17, 15) is 26.4 Å². The van der Waals surface area contributed by atoms with Gasteiger partial charge in [0, 0.05) is 5.69 Å². The van der Waals surface area contributed by atoms with E-state index in [0.717, 1.165) is 23.9 Å². The van der Waals surface area contributed by atoms with Gasteiger partial charge in [-0.2, -0.15) is 21.6 Å². The van der Waals surface area contributed by atoms with Crippen LogP contribution in [0, 0.1) is 0 Å². The first kappa shape index (κ1) is 19.2. The van der Waals surface area contributed by atoms with Crippen LogP contribution in [0.5, 0.6) is 0 Å². The highest BCUT2D eigenvalue weighted by atomic mass is 32.2. The number of para-hydroxylation sites is 1. The van der Waals surface area contributed by atoms with Crippen molar-refractivity contribution in [2.24, 2.45) is 4.40 Å². The molecule has 0 unspecified atom stereocenters. The van der Waals surface area contributed by atoms with Crippen molar-refractivity contribution in [1.82, 2.24) is 0 Å². The van der Waals surface area contributed by atoms with E-state index >= 15 is 0 Å². The number of rotatable bonds is 3. The average Bonchev–Trinajstić information content (AvgIpc) is 2.59. The number of hydrogen-bond donors (Lipinski definition) is 2. The van der Waals surface area contributed by atoms with Crippen LogP contribution in [0.4, 0.5) is 24.5 Å². The summed E-state index contributed by atoms with van der Waals surface area (Å²) < 4.78 is 65.9. The number of carbonyl (C=O) groups is 1. The fourth-order valence-corrected chi connectivity index (χ4v) is 4.30. The second-order valence-electron chi connectivity index (χ2n) is 5.41. The van der Waals surface area contributed by atoms with Crippen molar-refractivity contribution in [3.05, 3.63) is 54.1 Å². The number of sulfonamides is 1. The number of hydrogen-bond acceptors (Lipinski definition) is 5. The molecule has 27 heavy (non-hydrogen) atoms. The number of thioether (sulfide) groups is 1. The van der Waals surface area contributed by atoms with Gasteiger partial charge in [-0.3, -0.25) is 4.79 Å². The quantitative estimate of drug-likeness (QED) is 0.801. The molecule has 142 valence electrons. The van der Waals surface area contributed by atoms with Gasteiger partial charge in [-0.25, -0.2) is 0 Å². The summed E-state index contributed by atoms with van der Waals surface area (Å²) in [6.45, 7) is 0. The summed E-state index contributed by atoms with van der Waals surface area (Å²) in [6.07, 6.45) is -4.52. The number of fused-ring (bicyclic) bond motifs is 1. The van der Waals surface area contributed by atoms with Crippen LogP contribution in [0.1, 0.15) is 5.56 Å². The van der Waals surface area contributed by atoms with Crippen molar-refractivity contribution in [1.29, 1.82) is 0 Å². The molecule has 0 atom stereocenters. The minimum Gasteiger partial charge on any atom is -0.333 e. The molecule has 1 aliphatic rings. The van der Waals surface area contributed by atoms with Crippen molar-refractivity contribution in [2.75, 3.05) is 16.4 Å². The maximum atomic E-state index is 12.7. The van der Waals surface area contributed by atoms with Crippen molar-refractivity contribution in [3.8, 4) is 0 Å². The van der Waals surface area contributed by atoms with Gasteiger partial charge in [-0.15, -0.1) is 4.40 Å². The molecule has 0 bridgehead atoms. The first-order valence-electron chi connectivity index (χ1n) is 7.46. The van der Waals surface area contributed by atoms with Gasteiger partial charge >= 0.3 is 6.18 Å². The van der Waals surface area contributed by atoms with Crippen molar-refractivity contribution >= 4 is 44.2 Å². The Hall–Kier alpha value is -2.53. The van der Waals surface area contributed by atoms with Gasteiger partial charge in [0.15, 0.2) is 5.17 Å². The second kappa shape index (κ2) is 7.24. The second-order valence-corrected chi connectivity index (χ2v) is 7.94. The number of amides is 1. The average molecular weight is 415 g/mol. The number of alkyl halides is 3. The van der Waals surface area contributed by atoms with Gasteiger partial charge in [-0.1, -0.05) is 30.0 Å². The van der Waals surface area contributed by atoms with Gasteiger partial charge in [0.1, 0.15) is 4.90 Å². The highest BCUT2D eigenvalue weighted by Gasteiger charge is 2.30. The normalized spacial score (nSPS) is 15.3. The van der Waals surface area contributed by atoms with Crippen molar-refractivity contribution < 1.29 is 26.4 Å². The third-order valence-corrected chi connectivity index (χ3v) is 5.75. The van der Waals surface area contributed by atoms with E-state index in [1.807, 2.05) is 0 Å². The molecule has 2 N–H and O–H groups in total. The third-order valence-electron chi connectivity index (χ3n) is 3.42. The molecule has 1 amide bonds. The Kier molecular flexibility index (Phi) is 5.16. The van der Waals surface area contributed by atoms with Crippen LogP contribution in [-0.4, -0.2) is 25.2 Å². The minimum atomic E-state index is -4.52. The molecule has 11 heteroatoms. The zero-order chi connectivity index (χ0) is 19.7. The molecular formula is C16H12F3N3O3S2. The Morgan fingerprint density at radius 1 is 1.15 bits per heavy atom. The van der Waals surface area contributed by atoms with E-state index in [2.05, 4.69) is 15.0 Å². The van der Waals surface area contributed by atoms with Crippen molar-refractivity contribution in [3.63, 3.8) is 0 Å². The van der Waals surface area contributed by atoms with Crippen LogP contribution in [0.25, 0.3) is 0 Å². The van der Waals surface area contributed by atoms with Crippen LogP contribution in [0.2, 0.25) is 0 Å². The standard InChI is InChI=1S/C16H12F3N3O3S2/c17-16(18,19)10-4-3-5-11(8-10)20-14(23)9-26-15-21-12-6-1-2-7-13(12)27(24,25)22-15/h1-8H,9H2,(H,20,23)(H,21,22). The predicted octanol–water partition coefficient (Wildman–Crippen LogP) is 3.55. The van der Waals surface area contributed by atoms with Crippen LogP contribution in [0.15, 0.2) is 57.8 Å². The number of benzene rings is 2. The molecule has 6 nitrogen and oxygen atoms in total. The number of anilines is 2. The third kappa shape index (κ3) is 4.61. The minimum absolute atomic E-state index is 0.00731. The van der Waals surface area contributed by atoms with E-state index in [-0.39, 0.29) is 21.5 Å². The molecule has 1 heterocycles. The Bertz CT molecular complexity index is 1020. The summed E-state index contributed by atoms with van der Waals surface area (Å²) in [4.78, 5) is 12.0. The number of nitrogens with one attached hydrogen (secondary N) is 2. The van der Waals surface area contributed by atoms with Crippen molar-refractivity contribution in [2.45, 2.75) is 11.1 Å². The van der Waals surface area contributed by atoms with Crippen LogP contribution in [0.3, 0.4) is 0 Å². The Morgan fingerprint density at radius 3 is 2.63 bits per heavy atom. The van der Waals surface area contributed by atoms with E-state index in [4.69, 9.17) is 0 Å². The van der Waals surface area contributed by atoms with Gasteiger partial charge in [0.2, 0.25) is 5.91 Å². The fourth-order valence-electron chi connectivity index (χ4n) is 2.26. The Morgan fingerprint density at radius 2 is 1.89 bits per heavy atom. The van der Waals surface area contributed by atoms with E-state index < -0.39 is 27.7 Å². The summed E-state index contributed by atoms with van der Waals surface area (Å²) >= 11 is 0.826. The smallest absolute Gasteiger partial charge is 0.333 e. The number of halogens is 3. The number of nitrogens with zero attached hydrogens (tertiary/aromatic N) is 1. The van der Waals surface area contributed by atoms with Crippen LogP contribution >= 0.6 is 11.8 Å². The molecule has 0 radical (unpaired) electrons. The zero-order valence-corrected chi connectivity index (χ0v) is 15.1. The zero-order valence-electron chi connectivity index (χ0n) is 13.4. The molecule has 2 aromatic rings. The highest BCUT2D eigenvalue weighted by Crippen LogP contribution is 2.31. The Labute approximate surface area is 156 Å². The lowest BCUT2D eigenvalue weighted by molar-refractivity contribution is -0.137. The number of carbonyl (C=O) groups excluding carboxylic acids is 1. The van der Waals surface area contributed by atoms with Crippen LogP contribution in [-0.2, 0) is 21.0 Å². The maximum absolute atomic E-state index is 12.7. The first-order valence-corrected chi connectivity index (χ1v) is 9.89. The molecule has 3 rings (SSSR count). The van der Waals surface area contributed by atoms with Crippen LogP contribution < -0.4 is 10.6 Å². The van der Waals surface area contributed by atoms with E-state index in [1.54, 1.807) is 18.2 Å². The Balaban J connectivity index is 1.65. The van der Waals surface area contributed by atoms with Gasteiger partial charge in [0.25, 0.3) is 10.0 Å². The lowest BCUT2D eigenvalue weighted by atomic mass is 10.2. The monoisotopic (exact) mass is 415 g/mol. The van der Waals surface area contributed by atoms with E-state index in [0.29, 0.717) is 5.69 Å². The maximum Gasteiger partial charge on any atom is 0.416 e. The molecule has 2 aromatic carbocycles. The summed E-state index contributed by atoms with van der Waals surface area (Å²) in [5, 5.41) is 5.16. The summed E-state index contributed by atoms with van der Waals surface area (Å²) in [5.41, 5.74) is -0.547. The molecule has 0 saturated heterocycles. The van der Waals surface area contributed by atoms with E-state index in [1.165, 1.54) is 18.2 Å². The molecule has 0 saturated carbocycles. The largest absolute Gasteiger partial charge is 0.416 e. The van der Waals surface area contributed by atoms with Gasteiger partial charge in [0.05, 0.1) is 17.0 Å². The molecule has 0 fully saturated rings. The molecule has 0 aliphatic carbocycles. The number of amidine groups is 1. The fraction of sp³-hybridized carbons (Fsp3) is 0.125. The molecule has 0 aromatic heterocycles. The highest BCUT2D eigenvalue weighted by molar-refractivity contribution is 8.15. The first-order chi connectivity index (χ1) is 12.6. The summed E-state index contributed by atoms with van der Waals surface area (Å²) in [6, 6.07) is 10.4. The lowest BCUT2D eigenvalue weighted by Crippen LogP contribution is -2.22.